The molecule has 0 atom stereocenters. The molecular formula is C16H23N3O. The lowest BCUT2D eigenvalue weighted by atomic mass is 9.71. The maximum atomic E-state index is 12.3. The highest BCUT2D eigenvalue weighted by atomic mass is 16.2. The second-order valence-electron chi connectivity index (χ2n) is 6.17. The molecule has 2 fully saturated rings. The maximum absolute atomic E-state index is 12.3. The van der Waals surface area contributed by atoms with Crippen LogP contribution in [0.15, 0.2) is 24.5 Å². The molecule has 1 aromatic rings. The number of piperidine rings is 2. The predicted octanol–water partition coefficient (Wildman–Crippen LogP) is 1.62. The van der Waals surface area contributed by atoms with E-state index in [0.717, 1.165) is 31.7 Å². The van der Waals surface area contributed by atoms with E-state index in [0.29, 0.717) is 11.8 Å². The molecule has 3 heterocycles. The van der Waals surface area contributed by atoms with Gasteiger partial charge in [-0.15, -0.1) is 0 Å². The fourth-order valence-electron chi connectivity index (χ4n) is 3.48. The molecule has 1 aromatic heterocycles. The molecule has 2 aliphatic rings. The first-order valence-electron chi connectivity index (χ1n) is 7.65. The van der Waals surface area contributed by atoms with Crippen LogP contribution in [0.5, 0.6) is 0 Å². The second kappa shape index (κ2) is 5.92. The first-order chi connectivity index (χ1) is 9.77. The number of likely N-dealkylation sites (tertiary alicyclic amines) is 1. The Kier molecular flexibility index (Phi) is 4.01. The van der Waals surface area contributed by atoms with Crippen LogP contribution in [0, 0.1) is 5.41 Å². The topological polar surface area (TPSA) is 45.2 Å². The van der Waals surface area contributed by atoms with Crippen LogP contribution in [-0.4, -0.2) is 42.0 Å². The number of nitrogens with one attached hydrogen (secondary N) is 1. The zero-order chi connectivity index (χ0) is 13.8. The van der Waals surface area contributed by atoms with Gasteiger partial charge in [0.05, 0.1) is 6.42 Å². The minimum Gasteiger partial charge on any atom is -0.342 e. The van der Waals surface area contributed by atoms with E-state index in [4.69, 9.17) is 0 Å². The molecule has 0 aromatic carbocycles. The van der Waals surface area contributed by atoms with Crippen LogP contribution >= 0.6 is 0 Å². The molecule has 2 saturated heterocycles. The Morgan fingerprint density at radius 1 is 1.25 bits per heavy atom. The molecule has 0 radical (unpaired) electrons. The number of amides is 1. The van der Waals surface area contributed by atoms with Crippen molar-refractivity contribution in [2.75, 3.05) is 26.2 Å². The van der Waals surface area contributed by atoms with Crippen LogP contribution < -0.4 is 5.32 Å². The number of aromatic nitrogens is 1. The Hall–Kier alpha value is -1.42. The fraction of sp³-hybridized carbons (Fsp3) is 0.625. The molecule has 4 heteroatoms. The number of carbonyl (C=O) groups excluding carboxylic acids is 1. The first kappa shape index (κ1) is 13.6. The lowest BCUT2D eigenvalue weighted by Crippen LogP contribution is -2.47. The van der Waals surface area contributed by atoms with Gasteiger partial charge in [-0.1, -0.05) is 6.07 Å². The summed E-state index contributed by atoms with van der Waals surface area (Å²) >= 11 is 0. The molecule has 0 saturated carbocycles. The first-order valence-corrected chi connectivity index (χ1v) is 7.65. The summed E-state index contributed by atoms with van der Waals surface area (Å²) in [5.41, 5.74) is 1.52. The SMILES string of the molecule is O=C(Cc1cccnc1)N1CCC2(CCNCC2)CC1. The van der Waals surface area contributed by atoms with E-state index in [-0.39, 0.29) is 5.91 Å². The van der Waals surface area contributed by atoms with Gasteiger partial charge in [0.15, 0.2) is 0 Å². The lowest BCUT2D eigenvalue weighted by molar-refractivity contribution is -0.133. The number of nitrogens with zero attached hydrogens (tertiary/aromatic N) is 2. The van der Waals surface area contributed by atoms with Crippen molar-refractivity contribution in [1.82, 2.24) is 15.2 Å². The molecule has 0 aliphatic carbocycles. The van der Waals surface area contributed by atoms with Crippen LogP contribution in [0.3, 0.4) is 0 Å². The minimum atomic E-state index is 0.252. The van der Waals surface area contributed by atoms with E-state index in [1.807, 2.05) is 17.0 Å². The fourth-order valence-corrected chi connectivity index (χ4v) is 3.48. The van der Waals surface area contributed by atoms with Crippen molar-refractivity contribution < 1.29 is 4.79 Å². The normalized spacial score (nSPS) is 21.9. The molecule has 20 heavy (non-hydrogen) atoms. The second-order valence-corrected chi connectivity index (χ2v) is 6.17. The quantitative estimate of drug-likeness (QED) is 0.890. The van der Waals surface area contributed by atoms with Crippen molar-refractivity contribution >= 4 is 5.91 Å². The molecule has 1 spiro atoms. The number of hydrogen-bond donors (Lipinski definition) is 1. The van der Waals surface area contributed by atoms with Crippen LogP contribution in [0.25, 0.3) is 0 Å². The van der Waals surface area contributed by atoms with E-state index in [9.17, 15) is 4.79 Å². The highest BCUT2D eigenvalue weighted by molar-refractivity contribution is 5.78. The molecule has 1 amide bonds. The van der Waals surface area contributed by atoms with E-state index in [1.165, 1.54) is 25.7 Å². The Labute approximate surface area is 120 Å². The number of pyridine rings is 1. The summed E-state index contributed by atoms with van der Waals surface area (Å²) in [6, 6.07) is 3.87. The van der Waals surface area contributed by atoms with Gasteiger partial charge in [-0.25, -0.2) is 0 Å². The highest BCUT2D eigenvalue weighted by Crippen LogP contribution is 2.39. The third-order valence-electron chi connectivity index (χ3n) is 4.92. The summed E-state index contributed by atoms with van der Waals surface area (Å²) in [5.74, 6) is 0.252. The molecular weight excluding hydrogens is 250 g/mol. The molecule has 0 unspecified atom stereocenters. The van der Waals surface area contributed by atoms with E-state index >= 15 is 0 Å². The Morgan fingerprint density at radius 2 is 2.00 bits per heavy atom. The monoisotopic (exact) mass is 273 g/mol. The molecule has 3 rings (SSSR count). The minimum absolute atomic E-state index is 0.252. The van der Waals surface area contributed by atoms with Crippen molar-refractivity contribution in [1.29, 1.82) is 0 Å². The molecule has 4 nitrogen and oxygen atoms in total. The summed E-state index contributed by atoms with van der Waals surface area (Å²) in [5, 5.41) is 3.44. The summed E-state index contributed by atoms with van der Waals surface area (Å²) in [4.78, 5) is 18.4. The van der Waals surface area contributed by atoms with Crippen molar-refractivity contribution in [2.24, 2.45) is 5.41 Å². The average molecular weight is 273 g/mol. The van der Waals surface area contributed by atoms with Gasteiger partial charge in [-0.3, -0.25) is 9.78 Å². The van der Waals surface area contributed by atoms with Gasteiger partial charge in [-0.05, 0) is 55.8 Å². The number of carbonyl (C=O) groups is 1. The van der Waals surface area contributed by atoms with Crippen LogP contribution in [0.1, 0.15) is 31.2 Å². The standard InChI is InChI=1S/C16H23N3O/c20-15(12-14-2-1-7-18-13-14)19-10-5-16(6-11-19)3-8-17-9-4-16/h1-2,7,13,17H,3-6,8-12H2. The van der Waals surface area contributed by atoms with Crippen molar-refractivity contribution in [2.45, 2.75) is 32.1 Å². The van der Waals surface area contributed by atoms with Gasteiger partial charge in [0, 0.05) is 25.5 Å². The highest BCUT2D eigenvalue weighted by Gasteiger charge is 2.36. The molecule has 0 bridgehead atoms. The summed E-state index contributed by atoms with van der Waals surface area (Å²) < 4.78 is 0. The van der Waals surface area contributed by atoms with Crippen molar-refractivity contribution in [3.05, 3.63) is 30.1 Å². The van der Waals surface area contributed by atoms with Gasteiger partial charge >= 0.3 is 0 Å². The Morgan fingerprint density at radius 3 is 2.65 bits per heavy atom. The third-order valence-corrected chi connectivity index (χ3v) is 4.92. The molecule has 2 aliphatic heterocycles. The number of rotatable bonds is 2. The predicted molar refractivity (Wildman–Crippen MR) is 78.3 cm³/mol. The van der Waals surface area contributed by atoms with Crippen LogP contribution in [-0.2, 0) is 11.2 Å². The van der Waals surface area contributed by atoms with Crippen LogP contribution in [0.2, 0.25) is 0 Å². The zero-order valence-corrected chi connectivity index (χ0v) is 12.0. The summed E-state index contributed by atoms with van der Waals surface area (Å²) in [7, 11) is 0. The lowest BCUT2D eigenvalue weighted by Gasteiger charge is -2.44. The van der Waals surface area contributed by atoms with E-state index in [2.05, 4.69) is 10.3 Å². The van der Waals surface area contributed by atoms with Crippen molar-refractivity contribution in [3.8, 4) is 0 Å². The smallest absolute Gasteiger partial charge is 0.227 e. The van der Waals surface area contributed by atoms with Gasteiger partial charge in [-0.2, -0.15) is 0 Å². The molecule has 1 N–H and O–H groups in total. The maximum Gasteiger partial charge on any atom is 0.227 e. The van der Waals surface area contributed by atoms with Crippen LogP contribution in [0.4, 0.5) is 0 Å². The Balaban J connectivity index is 1.54. The third kappa shape index (κ3) is 3.01. The zero-order valence-electron chi connectivity index (χ0n) is 12.0. The van der Waals surface area contributed by atoms with Gasteiger partial charge in [0.2, 0.25) is 5.91 Å². The van der Waals surface area contributed by atoms with Gasteiger partial charge in [0.1, 0.15) is 0 Å². The summed E-state index contributed by atoms with van der Waals surface area (Å²) in [6.07, 6.45) is 8.92. The van der Waals surface area contributed by atoms with Gasteiger partial charge < -0.3 is 10.2 Å². The van der Waals surface area contributed by atoms with Crippen molar-refractivity contribution in [3.63, 3.8) is 0 Å². The van der Waals surface area contributed by atoms with E-state index < -0.39 is 0 Å². The van der Waals surface area contributed by atoms with E-state index in [1.54, 1.807) is 12.4 Å². The average Bonchev–Trinajstić information content (AvgIpc) is 2.50. The largest absolute Gasteiger partial charge is 0.342 e. The Bertz CT molecular complexity index is 444. The summed E-state index contributed by atoms with van der Waals surface area (Å²) in [6.45, 7) is 4.14. The molecule has 108 valence electrons. The van der Waals surface area contributed by atoms with Gasteiger partial charge in [0.25, 0.3) is 0 Å². The number of hydrogen-bond acceptors (Lipinski definition) is 3.